The Morgan fingerprint density at radius 3 is 2.17 bits per heavy atom. The van der Waals surface area contributed by atoms with Gasteiger partial charge in [0.15, 0.2) is 0 Å². The quantitative estimate of drug-likeness (QED) is 0.355. The highest BCUT2D eigenvalue weighted by atomic mass is 79.9. The van der Waals surface area contributed by atoms with E-state index in [0.717, 1.165) is 14.5 Å². The van der Waals surface area contributed by atoms with Crippen molar-refractivity contribution >= 4 is 70.9 Å². The summed E-state index contributed by atoms with van der Waals surface area (Å²) in [6, 6.07) is 20.8. The van der Waals surface area contributed by atoms with E-state index in [4.69, 9.17) is 0 Å². The van der Waals surface area contributed by atoms with Crippen molar-refractivity contribution < 1.29 is 13.2 Å². The Bertz CT molecular complexity index is 1120. The van der Waals surface area contributed by atoms with Gasteiger partial charge in [0.2, 0.25) is 5.91 Å². The maximum Gasteiger partial charge on any atom is 0.261 e. The molecule has 0 bridgehead atoms. The van der Waals surface area contributed by atoms with Gasteiger partial charge >= 0.3 is 0 Å². The fraction of sp³-hybridized carbons (Fsp3) is 0.0952. The Morgan fingerprint density at radius 2 is 1.50 bits per heavy atom. The average Bonchev–Trinajstić information content (AvgIpc) is 2.71. The molecule has 3 aromatic carbocycles. The molecule has 0 aromatic heterocycles. The van der Waals surface area contributed by atoms with Crippen molar-refractivity contribution in [2.24, 2.45) is 0 Å². The number of carbonyl (C=O) groups is 1. The summed E-state index contributed by atoms with van der Waals surface area (Å²) in [6.07, 6.45) is 0. The Balaban J connectivity index is 1.54. The van der Waals surface area contributed by atoms with Gasteiger partial charge in [0.05, 0.1) is 10.6 Å². The van der Waals surface area contributed by atoms with Gasteiger partial charge in [-0.3, -0.25) is 9.52 Å². The van der Waals surface area contributed by atoms with Crippen LogP contribution < -0.4 is 10.0 Å². The number of anilines is 2. The van der Waals surface area contributed by atoms with Gasteiger partial charge in [-0.15, -0.1) is 11.8 Å². The highest BCUT2D eigenvalue weighted by Gasteiger charge is 2.14. The summed E-state index contributed by atoms with van der Waals surface area (Å²) in [5.41, 5.74) is 2.14. The minimum atomic E-state index is -3.71. The van der Waals surface area contributed by atoms with Crippen LogP contribution in [-0.2, 0) is 20.6 Å². The first-order valence-electron chi connectivity index (χ1n) is 8.83. The van der Waals surface area contributed by atoms with Crippen molar-refractivity contribution in [2.45, 2.75) is 10.6 Å². The number of carbonyl (C=O) groups excluding carboxylic acids is 1. The molecule has 0 fully saturated rings. The number of thioether (sulfide) groups is 1. The van der Waals surface area contributed by atoms with E-state index in [0.29, 0.717) is 22.9 Å². The van der Waals surface area contributed by atoms with Crippen LogP contribution in [0.4, 0.5) is 11.4 Å². The van der Waals surface area contributed by atoms with Crippen LogP contribution in [0.1, 0.15) is 5.56 Å². The number of hydrogen-bond acceptors (Lipinski definition) is 4. The standard InChI is InChI=1S/C21H18Br2N2O3S2/c22-16-5-7-18(8-6-16)25-30(27,28)19-11-9-17(10-12-19)24-21(26)14-29-13-15-3-1-2-4-20(15)23/h1-12,25H,13-14H2,(H,24,26). The second-order valence-corrected chi connectivity index (χ2v) is 10.7. The van der Waals surface area contributed by atoms with Crippen LogP contribution in [0.25, 0.3) is 0 Å². The molecule has 9 heteroatoms. The van der Waals surface area contributed by atoms with Crippen molar-refractivity contribution in [3.05, 3.63) is 87.3 Å². The molecule has 2 N–H and O–H groups in total. The van der Waals surface area contributed by atoms with Crippen LogP contribution in [0.5, 0.6) is 0 Å². The first-order valence-corrected chi connectivity index (χ1v) is 13.1. The Morgan fingerprint density at radius 1 is 0.867 bits per heavy atom. The van der Waals surface area contributed by atoms with Gasteiger partial charge in [-0.1, -0.05) is 50.1 Å². The van der Waals surface area contributed by atoms with Crippen LogP contribution in [0, 0.1) is 0 Å². The lowest BCUT2D eigenvalue weighted by Crippen LogP contribution is -2.15. The van der Waals surface area contributed by atoms with Gasteiger partial charge in [0, 0.05) is 26.1 Å². The monoisotopic (exact) mass is 568 g/mol. The molecule has 0 aliphatic heterocycles. The van der Waals surface area contributed by atoms with Crippen LogP contribution >= 0.6 is 43.6 Å². The molecule has 0 saturated carbocycles. The van der Waals surface area contributed by atoms with Crippen molar-refractivity contribution in [3.63, 3.8) is 0 Å². The number of rotatable bonds is 8. The summed E-state index contributed by atoms with van der Waals surface area (Å²) < 4.78 is 29.4. The number of amides is 1. The van der Waals surface area contributed by atoms with E-state index < -0.39 is 10.0 Å². The summed E-state index contributed by atoms with van der Waals surface area (Å²) in [7, 11) is -3.71. The largest absolute Gasteiger partial charge is 0.325 e. The number of nitrogens with one attached hydrogen (secondary N) is 2. The maximum absolute atomic E-state index is 12.5. The van der Waals surface area contributed by atoms with E-state index in [1.165, 1.54) is 23.9 Å². The molecule has 0 aliphatic carbocycles. The maximum atomic E-state index is 12.5. The van der Waals surface area contributed by atoms with Crippen LogP contribution in [0.2, 0.25) is 0 Å². The Labute approximate surface area is 197 Å². The van der Waals surface area contributed by atoms with Crippen molar-refractivity contribution in [1.29, 1.82) is 0 Å². The minimum absolute atomic E-state index is 0.117. The van der Waals surface area contributed by atoms with E-state index in [2.05, 4.69) is 41.9 Å². The van der Waals surface area contributed by atoms with Gasteiger partial charge in [0.25, 0.3) is 10.0 Å². The third-order valence-corrected chi connectivity index (χ3v) is 7.67. The molecule has 3 aromatic rings. The molecule has 156 valence electrons. The molecule has 0 atom stereocenters. The molecule has 1 amide bonds. The predicted molar refractivity (Wildman–Crippen MR) is 130 cm³/mol. The summed E-state index contributed by atoms with van der Waals surface area (Å²) >= 11 is 8.31. The van der Waals surface area contributed by atoms with Crippen molar-refractivity contribution in [2.75, 3.05) is 15.8 Å². The zero-order valence-electron chi connectivity index (χ0n) is 15.6. The SMILES string of the molecule is O=C(CSCc1ccccc1Br)Nc1ccc(S(=O)(=O)Nc2ccc(Br)cc2)cc1. The number of benzene rings is 3. The van der Waals surface area contributed by atoms with Crippen molar-refractivity contribution in [3.8, 4) is 0 Å². The normalized spacial score (nSPS) is 11.1. The van der Waals surface area contributed by atoms with Gasteiger partial charge in [-0.2, -0.15) is 0 Å². The van der Waals surface area contributed by atoms with Gasteiger partial charge in [-0.25, -0.2) is 8.42 Å². The molecule has 3 rings (SSSR count). The van der Waals surface area contributed by atoms with E-state index in [1.807, 2.05) is 24.3 Å². The van der Waals surface area contributed by atoms with E-state index in [9.17, 15) is 13.2 Å². The zero-order chi connectivity index (χ0) is 21.6. The lowest BCUT2D eigenvalue weighted by molar-refractivity contribution is -0.113. The van der Waals surface area contributed by atoms with Crippen LogP contribution in [-0.4, -0.2) is 20.1 Å². The third kappa shape index (κ3) is 6.60. The lowest BCUT2D eigenvalue weighted by atomic mass is 10.2. The van der Waals surface area contributed by atoms with Crippen LogP contribution in [0.15, 0.2) is 86.6 Å². The first kappa shape index (κ1) is 22.9. The lowest BCUT2D eigenvalue weighted by Gasteiger charge is -2.10. The molecule has 0 heterocycles. The van der Waals surface area contributed by atoms with E-state index in [-0.39, 0.29) is 10.8 Å². The van der Waals surface area contributed by atoms with Gasteiger partial charge in [0.1, 0.15) is 0 Å². The van der Waals surface area contributed by atoms with Gasteiger partial charge in [-0.05, 0) is 60.2 Å². The average molecular weight is 570 g/mol. The first-order chi connectivity index (χ1) is 14.3. The summed E-state index contributed by atoms with van der Waals surface area (Å²) in [5.74, 6) is 0.871. The number of sulfonamides is 1. The molecule has 5 nitrogen and oxygen atoms in total. The highest BCUT2D eigenvalue weighted by molar-refractivity contribution is 9.10. The topological polar surface area (TPSA) is 75.3 Å². The summed E-state index contributed by atoms with van der Waals surface area (Å²) in [6.45, 7) is 0. The molecule has 0 saturated heterocycles. The number of halogens is 2. The zero-order valence-corrected chi connectivity index (χ0v) is 20.4. The molecule has 30 heavy (non-hydrogen) atoms. The number of hydrogen-bond donors (Lipinski definition) is 2. The minimum Gasteiger partial charge on any atom is -0.325 e. The van der Waals surface area contributed by atoms with E-state index >= 15 is 0 Å². The molecule has 0 aliphatic rings. The summed E-state index contributed by atoms with van der Waals surface area (Å²) in [4.78, 5) is 12.3. The van der Waals surface area contributed by atoms with Crippen molar-refractivity contribution in [1.82, 2.24) is 0 Å². The predicted octanol–water partition coefficient (Wildman–Crippen LogP) is 5.88. The Hall–Kier alpha value is -1.81. The van der Waals surface area contributed by atoms with Gasteiger partial charge < -0.3 is 5.32 Å². The van der Waals surface area contributed by atoms with E-state index in [1.54, 1.807) is 36.4 Å². The smallest absolute Gasteiger partial charge is 0.261 e. The highest BCUT2D eigenvalue weighted by Crippen LogP contribution is 2.22. The van der Waals surface area contributed by atoms with Crippen LogP contribution in [0.3, 0.4) is 0 Å². The molecule has 0 radical (unpaired) electrons. The fourth-order valence-corrected chi connectivity index (χ4v) is 5.28. The molecule has 0 spiro atoms. The second-order valence-electron chi connectivity index (χ2n) is 6.27. The fourth-order valence-electron chi connectivity index (χ4n) is 2.52. The summed E-state index contributed by atoms with van der Waals surface area (Å²) in [5, 5.41) is 2.79. The Kier molecular flexibility index (Phi) is 7.99. The molecular formula is C21H18Br2N2O3S2. The second kappa shape index (κ2) is 10.5. The third-order valence-electron chi connectivity index (χ3n) is 3.99. The molecule has 0 unspecified atom stereocenters. The molecular weight excluding hydrogens is 552 g/mol.